The maximum atomic E-state index is 12.0. The van der Waals surface area contributed by atoms with Crippen LogP contribution in [0.3, 0.4) is 0 Å². The largest absolute Gasteiger partial charge is 0.392 e. The first-order valence-electron chi connectivity index (χ1n) is 5.04. The van der Waals surface area contributed by atoms with Crippen LogP contribution < -0.4 is 4.90 Å². The minimum atomic E-state index is -1.15. The molecule has 6 heteroatoms. The lowest BCUT2D eigenvalue weighted by Crippen LogP contribution is -2.51. The van der Waals surface area contributed by atoms with E-state index in [-0.39, 0.29) is 5.91 Å². The van der Waals surface area contributed by atoms with Gasteiger partial charge in [-0.05, 0) is 12.1 Å². The molecule has 1 aliphatic rings. The Morgan fingerprint density at radius 3 is 2.76 bits per heavy atom. The lowest BCUT2D eigenvalue weighted by molar-refractivity contribution is -0.154. The summed E-state index contributed by atoms with van der Waals surface area (Å²) >= 11 is 1.45. The number of nitrogens with zero attached hydrogens (tertiary/aromatic N) is 1. The molecule has 1 aromatic rings. The van der Waals surface area contributed by atoms with Crippen molar-refractivity contribution in [2.24, 2.45) is 0 Å². The Bertz CT molecular complexity index is 423. The standard InChI is InChI=1S/C11H10INO4/c12-17-11(15)9-10(14)13(6-7-16-9)8-4-2-1-3-5-8/h1-5,9H,6-7H2. The summed E-state index contributed by atoms with van der Waals surface area (Å²) in [6.45, 7) is 0.755. The second-order valence-corrected chi connectivity index (χ2v) is 3.91. The van der Waals surface area contributed by atoms with E-state index in [1.54, 1.807) is 0 Å². The van der Waals surface area contributed by atoms with Crippen LogP contribution in [-0.2, 0) is 17.4 Å². The first kappa shape index (κ1) is 12.3. The highest BCUT2D eigenvalue weighted by atomic mass is 127. The molecular formula is C11H10INO4. The summed E-state index contributed by atoms with van der Waals surface area (Å²) in [6, 6.07) is 9.17. The summed E-state index contributed by atoms with van der Waals surface area (Å²) in [6.07, 6.45) is -1.15. The van der Waals surface area contributed by atoms with E-state index in [2.05, 4.69) is 3.07 Å². The van der Waals surface area contributed by atoms with Gasteiger partial charge >= 0.3 is 5.97 Å². The van der Waals surface area contributed by atoms with E-state index in [0.29, 0.717) is 13.2 Å². The summed E-state index contributed by atoms with van der Waals surface area (Å²) in [5, 5.41) is 0. The Morgan fingerprint density at radius 1 is 1.41 bits per heavy atom. The Kier molecular flexibility index (Phi) is 3.95. The zero-order chi connectivity index (χ0) is 12.3. The zero-order valence-electron chi connectivity index (χ0n) is 8.84. The topological polar surface area (TPSA) is 55.8 Å². The van der Waals surface area contributed by atoms with Gasteiger partial charge in [0.25, 0.3) is 5.91 Å². The lowest BCUT2D eigenvalue weighted by atomic mass is 10.2. The van der Waals surface area contributed by atoms with E-state index in [1.807, 2.05) is 30.3 Å². The molecular weight excluding hydrogens is 337 g/mol. The Labute approximate surface area is 112 Å². The van der Waals surface area contributed by atoms with Gasteiger partial charge in [-0.3, -0.25) is 4.79 Å². The monoisotopic (exact) mass is 347 g/mol. The number of anilines is 1. The lowest BCUT2D eigenvalue weighted by Gasteiger charge is -2.30. The Morgan fingerprint density at radius 2 is 2.12 bits per heavy atom. The molecule has 0 bridgehead atoms. The van der Waals surface area contributed by atoms with Gasteiger partial charge in [0.15, 0.2) is 23.0 Å². The molecule has 0 spiro atoms. The molecule has 0 radical (unpaired) electrons. The number of hydrogen-bond acceptors (Lipinski definition) is 4. The molecule has 1 aromatic carbocycles. The van der Waals surface area contributed by atoms with Gasteiger partial charge in [-0.1, -0.05) is 18.2 Å². The number of para-hydroxylation sites is 1. The fraction of sp³-hybridized carbons (Fsp3) is 0.273. The normalized spacial score (nSPS) is 20.2. The van der Waals surface area contributed by atoms with Gasteiger partial charge in [-0.25, -0.2) is 4.79 Å². The summed E-state index contributed by atoms with van der Waals surface area (Å²) in [7, 11) is 0. The number of ether oxygens (including phenoxy) is 1. The van der Waals surface area contributed by atoms with E-state index in [4.69, 9.17) is 4.74 Å². The number of rotatable bonds is 2. The molecule has 5 nitrogen and oxygen atoms in total. The average Bonchev–Trinajstić information content (AvgIpc) is 2.39. The van der Waals surface area contributed by atoms with E-state index in [0.717, 1.165) is 5.69 Å². The van der Waals surface area contributed by atoms with Crippen molar-refractivity contribution in [3.8, 4) is 0 Å². The molecule has 1 amide bonds. The molecule has 0 aliphatic carbocycles. The van der Waals surface area contributed by atoms with Crippen LogP contribution in [0, 0.1) is 0 Å². The summed E-state index contributed by atoms with van der Waals surface area (Å²) in [5.41, 5.74) is 0.757. The van der Waals surface area contributed by atoms with Crippen LogP contribution >= 0.6 is 23.0 Å². The molecule has 0 saturated carbocycles. The van der Waals surface area contributed by atoms with Crippen molar-refractivity contribution >= 4 is 40.6 Å². The molecule has 1 fully saturated rings. The molecule has 0 aromatic heterocycles. The molecule has 2 rings (SSSR count). The predicted octanol–water partition coefficient (Wildman–Crippen LogP) is 1.31. The Balaban J connectivity index is 2.20. The van der Waals surface area contributed by atoms with E-state index in [1.165, 1.54) is 27.9 Å². The fourth-order valence-corrected chi connectivity index (χ4v) is 1.89. The molecule has 1 atom stereocenters. The maximum Gasteiger partial charge on any atom is 0.354 e. The molecule has 17 heavy (non-hydrogen) atoms. The van der Waals surface area contributed by atoms with Gasteiger partial charge in [0.05, 0.1) is 6.61 Å². The van der Waals surface area contributed by atoms with Gasteiger partial charge in [0.2, 0.25) is 6.10 Å². The second kappa shape index (κ2) is 5.46. The molecule has 1 aliphatic heterocycles. The van der Waals surface area contributed by atoms with Crippen LogP contribution in [0.25, 0.3) is 0 Å². The molecule has 90 valence electrons. The number of benzene rings is 1. The van der Waals surface area contributed by atoms with Gasteiger partial charge in [0.1, 0.15) is 0 Å². The van der Waals surface area contributed by atoms with Crippen LogP contribution in [0.1, 0.15) is 0 Å². The highest BCUT2D eigenvalue weighted by Crippen LogP contribution is 2.19. The van der Waals surface area contributed by atoms with Crippen LogP contribution in [0.5, 0.6) is 0 Å². The van der Waals surface area contributed by atoms with Crippen molar-refractivity contribution in [3.63, 3.8) is 0 Å². The molecule has 1 heterocycles. The van der Waals surface area contributed by atoms with E-state index >= 15 is 0 Å². The minimum absolute atomic E-state index is 0.317. The van der Waals surface area contributed by atoms with Gasteiger partial charge in [-0.2, -0.15) is 0 Å². The minimum Gasteiger partial charge on any atom is -0.392 e. The summed E-state index contributed by atoms with van der Waals surface area (Å²) < 4.78 is 9.63. The number of carbonyl (C=O) groups is 2. The van der Waals surface area contributed by atoms with Crippen LogP contribution in [0.2, 0.25) is 0 Å². The first-order chi connectivity index (χ1) is 8.24. The zero-order valence-corrected chi connectivity index (χ0v) is 11.0. The van der Waals surface area contributed by atoms with Gasteiger partial charge in [-0.15, -0.1) is 0 Å². The number of morpholine rings is 1. The second-order valence-electron chi connectivity index (χ2n) is 3.47. The van der Waals surface area contributed by atoms with Crippen LogP contribution in [0.4, 0.5) is 5.69 Å². The number of carbonyl (C=O) groups excluding carboxylic acids is 2. The molecule has 0 N–H and O–H groups in total. The third-order valence-electron chi connectivity index (χ3n) is 2.45. The third-order valence-corrected chi connectivity index (χ3v) is 2.88. The SMILES string of the molecule is O=C(OI)C1OCCN(c2ccccc2)C1=O. The van der Waals surface area contributed by atoms with Gasteiger partial charge < -0.3 is 12.7 Å². The summed E-state index contributed by atoms with van der Waals surface area (Å²) in [4.78, 5) is 24.9. The fourth-order valence-electron chi connectivity index (χ4n) is 1.66. The van der Waals surface area contributed by atoms with Crippen molar-refractivity contribution in [2.75, 3.05) is 18.1 Å². The van der Waals surface area contributed by atoms with Gasteiger partial charge in [0, 0.05) is 12.2 Å². The summed E-state index contributed by atoms with van der Waals surface area (Å²) in [5.74, 6) is -1.06. The van der Waals surface area contributed by atoms with Crippen LogP contribution in [0.15, 0.2) is 30.3 Å². The van der Waals surface area contributed by atoms with E-state index in [9.17, 15) is 9.59 Å². The molecule has 1 saturated heterocycles. The first-order valence-corrected chi connectivity index (χ1v) is 5.92. The predicted molar refractivity (Wildman–Crippen MR) is 68.6 cm³/mol. The molecule has 1 unspecified atom stereocenters. The van der Waals surface area contributed by atoms with Crippen LogP contribution in [-0.4, -0.2) is 31.1 Å². The van der Waals surface area contributed by atoms with Crippen molar-refractivity contribution in [2.45, 2.75) is 6.10 Å². The average molecular weight is 347 g/mol. The van der Waals surface area contributed by atoms with E-state index < -0.39 is 12.1 Å². The smallest absolute Gasteiger partial charge is 0.354 e. The quantitative estimate of drug-likeness (QED) is 0.598. The van der Waals surface area contributed by atoms with Crippen molar-refractivity contribution in [1.29, 1.82) is 0 Å². The van der Waals surface area contributed by atoms with Crippen molar-refractivity contribution in [1.82, 2.24) is 0 Å². The maximum absolute atomic E-state index is 12.0. The number of hydrogen-bond donors (Lipinski definition) is 0. The highest BCUT2D eigenvalue weighted by molar-refractivity contribution is 14.1. The van der Waals surface area contributed by atoms with Crippen molar-refractivity contribution in [3.05, 3.63) is 30.3 Å². The highest BCUT2D eigenvalue weighted by Gasteiger charge is 2.37. The number of halogens is 1. The third kappa shape index (κ3) is 2.58. The number of amides is 1. The Hall–Kier alpha value is -1.15. The van der Waals surface area contributed by atoms with Crippen molar-refractivity contribution < 1.29 is 17.4 Å².